The molecule has 1 N–H and O–H groups in total. The zero-order valence-electron chi connectivity index (χ0n) is 9.50. The van der Waals surface area contributed by atoms with Crippen molar-refractivity contribution in [2.24, 2.45) is 0 Å². The van der Waals surface area contributed by atoms with Gasteiger partial charge in [-0.3, -0.25) is 0 Å². The number of aryl methyl sites for hydroxylation is 1. The van der Waals surface area contributed by atoms with Gasteiger partial charge in [0.1, 0.15) is 5.82 Å². The highest BCUT2D eigenvalue weighted by molar-refractivity contribution is 9.10. The van der Waals surface area contributed by atoms with Gasteiger partial charge in [0.2, 0.25) is 0 Å². The van der Waals surface area contributed by atoms with E-state index in [2.05, 4.69) is 33.2 Å². The van der Waals surface area contributed by atoms with Crippen LogP contribution in [0.3, 0.4) is 0 Å². The monoisotopic (exact) mass is 314 g/mol. The summed E-state index contributed by atoms with van der Waals surface area (Å²) in [6.07, 6.45) is 0. The fourth-order valence-corrected chi connectivity index (χ4v) is 2.91. The molecule has 1 aromatic heterocycles. The fourth-order valence-electron chi connectivity index (χ4n) is 1.63. The van der Waals surface area contributed by atoms with E-state index in [1.807, 2.05) is 12.4 Å². The molecule has 0 radical (unpaired) electrons. The first-order valence-electron chi connectivity index (χ1n) is 5.19. The van der Waals surface area contributed by atoms with E-state index in [0.29, 0.717) is 0 Å². The summed E-state index contributed by atoms with van der Waals surface area (Å²) in [4.78, 5) is 5.42. The van der Waals surface area contributed by atoms with Crippen molar-refractivity contribution in [3.63, 3.8) is 0 Å². The largest absolute Gasteiger partial charge is 0.377 e. The number of nitrogens with zero attached hydrogens (tertiary/aromatic N) is 1. The Labute approximate surface area is 112 Å². The maximum atomic E-state index is 13.0. The van der Waals surface area contributed by atoms with Crippen LogP contribution in [0.2, 0.25) is 0 Å². The van der Waals surface area contributed by atoms with Gasteiger partial charge in [-0.25, -0.2) is 9.37 Å². The van der Waals surface area contributed by atoms with Crippen LogP contribution in [0.1, 0.15) is 23.5 Å². The van der Waals surface area contributed by atoms with Crippen LogP contribution in [0, 0.1) is 12.7 Å². The minimum Gasteiger partial charge on any atom is -0.377 e. The molecule has 2 rings (SSSR count). The van der Waals surface area contributed by atoms with Crippen molar-refractivity contribution in [2.45, 2.75) is 19.9 Å². The van der Waals surface area contributed by atoms with Crippen molar-refractivity contribution >= 4 is 33.0 Å². The third-order valence-corrected chi connectivity index (χ3v) is 4.25. The molecule has 2 aromatic rings. The minimum atomic E-state index is -0.246. The summed E-state index contributed by atoms with van der Waals surface area (Å²) in [6, 6.07) is 4.78. The molecule has 1 atom stereocenters. The highest BCUT2D eigenvalue weighted by Gasteiger charge is 2.12. The lowest BCUT2D eigenvalue weighted by atomic mass is 10.2. The van der Waals surface area contributed by atoms with Gasteiger partial charge in [-0.1, -0.05) is 0 Å². The van der Waals surface area contributed by atoms with Crippen molar-refractivity contribution in [3.8, 4) is 0 Å². The van der Waals surface area contributed by atoms with Gasteiger partial charge in [-0.15, -0.1) is 11.3 Å². The van der Waals surface area contributed by atoms with Crippen molar-refractivity contribution in [2.75, 3.05) is 5.32 Å². The molecule has 90 valence electrons. The summed E-state index contributed by atoms with van der Waals surface area (Å²) in [5.41, 5.74) is 3.75. The van der Waals surface area contributed by atoms with E-state index in [0.717, 1.165) is 15.9 Å². The first-order valence-corrected chi connectivity index (χ1v) is 6.86. The minimum absolute atomic E-state index is 0.157. The topological polar surface area (TPSA) is 24.9 Å². The van der Waals surface area contributed by atoms with Crippen molar-refractivity contribution in [1.82, 2.24) is 4.98 Å². The van der Waals surface area contributed by atoms with Crippen LogP contribution in [0.5, 0.6) is 0 Å². The van der Waals surface area contributed by atoms with Gasteiger partial charge in [-0.05, 0) is 48.0 Å². The number of hydrogen-bond acceptors (Lipinski definition) is 3. The molecule has 0 fully saturated rings. The number of benzene rings is 1. The van der Waals surface area contributed by atoms with E-state index in [1.165, 1.54) is 17.0 Å². The van der Waals surface area contributed by atoms with Crippen molar-refractivity contribution in [1.29, 1.82) is 0 Å². The molecule has 2 nitrogen and oxygen atoms in total. The van der Waals surface area contributed by atoms with Crippen LogP contribution in [0.4, 0.5) is 10.1 Å². The maximum absolute atomic E-state index is 13.0. The zero-order valence-corrected chi connectivity index (χ0v) is 11.9. The van der Waals surface area contributed by atoms with Gasteiger partial charge < -0.3 is 5.32 Å². The molecule has 1 aromatic carbocycles. The first-order chi connectivity index (χ1) is 8.08. The second-order valence-corrected chi connectivity index (χ2v) is 5.53. The predicted molar refractivity (Wildman–Crippen MR) is 73.0 cm³/mol. The number of thiazole rings is 1. The SMILES string of the molecule is Cc1ncsc1C(C)Nc1ccc(F)cc1Br. The first kappa shape index (κ1) is 12.5. The van der Waals surface area contributed by atoms with Gasteiger partial charge in [-0.2, -0.15) is 0 Å². The number of rotatable bonds is 3. The molecule has 0 amide bonds. The summed E-state index contributed by atoms with van der Waals surface area (Å²) in [7, 11) is 0. The number of aromatic nitrogens is 1. The summed E-state index contributed by atoms with van der Waals surface area (Å²) < 4.78 is 13.7. The Morgan fingerprint density at radius 2 is 2.24 bits per heavy atom. The van der Waals surface area contributed by atoms with Gasteiger partial charge in [0.05, 0.1) is 17.2 Å². The molecule has 0 aliphatic heterocycles. The standard InChI is InChI=1S/C12H12BrFN2S/c1-7-12(17-6-15-7)8(2)16-11-4-3-9(14)5-10(11)13/h3-6,8,16H,1-2H3. The second kappa shape index (κ2) is 5.14. The van der Waals surface area contributed by atoms with E-state index in [1.54, 1.807) is 17.4 Å². The Morgan fingerprint density at radius 3 is 2.82 bits per heavy atom. The van der Waals surface area contributed by atoms with Crippen LogP contribution in [0.25, 0.3) is 0 Å². The molecule has 17 heavy (non-hydrogen) atoms. The lowest BCUT2D eigenvalue weighted by Crippen LogP contribution is -2.06. The Morgan fingerprint density at radius 1 is 1.47 bits per heavy atom. The van der Waals surface area contributed by atoms with Crippen LogP contribution in [-0.4, -0.2) is 4.98 Å². The Bertz CT molecular complexity index is 527. The number of hydrogen-bond donors (Lipinski definition) is 1. The molecule has 0 aliphatic carbocycles. The average Bonchev–Trinajstić information content (AvgIpc) is 2.68. The van der Waals surface area contributed by atoms with Crippen LogP contribution >= 0.6 is 27.3 Å². The van der Waals surface area contributed by atoms with Crippen LogP contribution in [-0.2, 0) is 0 Å². The Balaban J connectivity index is 2.19. The fraction of sp³-hybridized carbons (Fsp3) is 0.250. The second-order valence-electron chi connectivity index (χ2n) is 3.79. The molecule has 1 unspecified atom stereocenters. The lowest BCUT2D eigenvalue weighted by molar-refractivity contribution is 0.627. The third kappa shape index (κ3) is 2.84. The third-order valence-electron chi connectivity index (χ3n) is 2.48. The molecule has 5 heteroatoms. The normalized spacial score (nSPS) is 12.5. The van der Waals surface area contributed by atoms with E-state index in [9.17, 15) is 4.39 Å². The number of nitrogens with one attached hydrogen (secondary N) is 1. The van der Waals surface area contributed by atoms with Crippen molar-refractivity contribution in [3.05, 3.63) is 44.6 Å². The highest BCUT2D eigenvalue weighted by atomic mass is 79.9. The summed E-state index contributed by atoms with van der Waals surface area (Å²) in [5.74, 6) is -0.246. The van der Waals surface area contributed by atoms with E-state index in [-0.39, 0.29) is 11.9 Å². The lowest BCUT2D eigenvalue weighted by Gasteiger charge is -2.15. The van der Waals surface area contributed by atoms with Gasteiger partial charge >= 0.3 is 0 Å². The van der Waals surface area contributed by atoms with Gasteiger partial charge in [0, 0.05) is 15.0 Å². The average molecular weight is 315 g/mol. The highest BCUT2D eigenvalue weighted by Crippen LogP contribution is 2.29. The molecule has 1 heterocycles. The quantitative estimate of drug-likeness (QED) is 0.900. The van der Waals surface area contributed by atoms with Crippen LogP contribution in [0.15, 0.2) is 28.2 Å². The summed E-state index contributed by atoms with van der Waals surface area (Å²) >= 11 is 4.97. The predicted octanol–water partition coefficient (Wildman–Crippen LogP) is 4.53. The molecular formula is C12H12BrFN2S. The van der Waals surface area contributed by atoms with E-state index < -0.39 is 0 Å². The smallest absolute Gasteiger partial charge is 0.124 e. The van der Waals surface area contributed by atoms with E-state index >= 15 is 0 Å². The Hall–Kier alpha value is -0.940. The van der Waals surface area contributed by atoms with Crippen molar-refractivity contribution < 1.29 is 4.39 Å². The van der Waals surface area contributed by atoms with Gasteiger partial charge in [0.25, 0.3) is 0 Å². The number of anilines is 1. The molecule has 0 bridgehead atoms. The molecule has 0 saturated carbocycles. The maximum Gasteiger partial charge on any atom is 0.124 e. The van der Waals surface area contributed by atoms with Gasteiger partial charge in [0.15, 0.2) is 0 Å². The molecule has 0 aliphatic rings. The molecule has 0 spiro atoms. The zero-order chi connectivity index (χ0) is 12.4. The number of halogens is 2. The molecule has 0 saturated heterocycles. The van der Waals surface area contributed by atoms with Crippen LogP contribution < -0.4 is 5.32 Å². The van der Waals surface area contributed by atoms with E-state index in [4.69, 9.17) is 0 Å². The Kier molecular flexibility index (Phi) is 3.79. The summed E-state index contributed by atoms with van der Waals surface area (Å²) in [5, 5.41) is 3.34. The summed E-state index contributed by atoms with van der Waals surface area (Å²) in [6.45, 7) is 4.06. The molecular weight excluding hydrogens is 303 g/mol.